The van der Waals surface area contributed by atoms with Crippen LogP contribution in [0.3, 0.4) is 0 Å². The summed E-state index contributed by atoms with van der Waals surface area (Å²) in [7, 11) is 0. The van der Waals surface area contributed by atoms with E-state index in [0.29, 0.717) is 18.6 Å². The summed E-state index contributed by atoms with van der Waals surface area (Å²) < 4.78 is 39.1. The van der Waals surface area contributed by atoms with E-state index in [2.05, 4.69) is 5.32 Å². The number of carbonyl (C=O) groups is 1. The van der Waals surface area contributed by atoms with E-state index in [-0.39, 0.29) is 30.6 Å². The van der Waals surface area contributed by atoms with Crippen molar-refractivity contribution in [3.8, 4) is 0 Å². The molecule has 0 aromatic heterocycles. The van der Waals surface area contributed by atoms with Crippen LogP contribution in [0.4, 0.5) is 13.2 Å². The van der Waals surface area contributed by atoms with E-state index in [9.17, 15) is 18.0 Å². The van der Waals surface area contributed by atoms with Gasteiger partial charge in [-0.1, -0.05) is 12.2 Å². The topological polar surface area (TPSA) is 49.3 Å². The Morgan fingerprint density at radius 2 is 1.90 bits per heavy atom. The Morgan fingerprint density at radius 1 is 1.20 bits per heavy atom. The molecule has 1 amide bonds. The number of benzene rings is 1. The molecule has 0 aliphatic heterocycles. The third kappa shape index (κ3) is 3.39. The maximum Gasteiger partial charge on any atom is 0.224 e. The molecule has 0 bridgehead atoms. The van der Waals surface area contributed by atoms with Crippen molar-refractivity contribution >= 4 is 5.91 Å². The zero-order valence-electron chi connectivity index (χ0n) is 10.6. The van der Waals surface area contributed by atoms with Crippen LogP contribution in [0.15, 0.2) is 24.3 Å². The average Bonchev–Trinajstić information content (AvgIpc) is 2.83. The van der Waals surface area contributed by atoms with Crippen LogP contribution >= 0.6 is 0 Å². The normalized spacial score (nSPS) is 21.2. The van der Waals surface area contributed by atoms with Gasteiger partial charge in [0.2, 0.25) is 5.91 Å². The molecule has 0 heterocycles. The van der Waals surface area contributed by atoms with Crippen LogP contribution < -0.4 is 5.32 Å². The maximum atomic E-state index is 13.4. The van der Waals surface area contributed by atoms with Gasteiger partial charge in [-0.05, 0) is 12.5 Å². The summed E-state index contributed by atoms with van der Waals surface area (Å²) in [5.41, 5.74) is -0.193. The highest BCUT2D eigenvalue weighted by atomic mass is 19.2. The second kappa shape index (κ2) is 6.09. The van der Waals surface area contributed by atoms with Gasteiger partial charge in [0, 0.05) is 30.2 Å². The minimum absolute atomic E-state index is 0.000279. The molecule has 0 fully saturated rings. The van der Waals surface area contributed by atoms with Gasteiger partial charge in [0.05, 0.1) is 6.42 Å². The lowest BCUT2D eigenvalue weighted by Gasteiger charge is -2.13. The van der Waals surface area contributed by atoms with E-state index in [1.54, 1.807) is 12.2 Å². The van der Waals surface area contributed by atoms with Crippen molar-refractivity contribution in [1.82, 2.24) is 5.32 Å². The van der Waals surface area contributed by atoms with Crippen molar-refractivity contribution in [3.63, 3.8) is 0 Å². The predicted octanol–water partition coefficient (Wildman–Crippen LogP) is 1.70. The molecule has 2 rings (SSSR count). The van der Waals surface area contributed by atoms with Crippen LogP contribution in [0.5, 0.6) is 0 Å². The Bertz CT molecular complexity index is 545. The van der Waals surface area contributed by atoms with Crippen LogP contribution in [-0.4, -0.2) is 23.7 Å². The lowest BCUT2D eigenvalue weighted by molar-refractivity contribution is -0.120. The molecule has 0 radical (unpaired) electrons. The number of aliphatic hydroxyl groups excluding tert-OH is 1. The fourth-order valence-electron chi connectivity index (χ4n) is 2.15. The summed E-state index contributed by atoms with van der Waals surface area (Å²) in [5, 5.41) is 11.6. The van der Waals surface area contributed by atoms with E-state index >= 15 is 0 Å². The van der Waals surface area contributed by atoms with Gasteiger partial charge in [-0.25, -0.2) is 13.2 Å². The molecule has 1 aliphatic carbocycles. The van der Waals surface area contributed by atoms with Crippen LogP contribution in [0.2, 0.25) is 0 Å². The summed E-state index contributed by atoms with van der Waals surface area (Å²) in [6.45, 7) is 0.000667. The Kier molecular flexibility index (Phi) is 4.44. The lowest BCUT2D eigenvalue weighted by Crippen LogP contribution is -2.34. The first-order valence-corrected chi connectivity index (χ1v) is 6.21. The number of carbonyl (C=O) groups excluding carboxylic acids is 1. The molecule has 3 nitrogen and oxygen atoms in total. The van der Waals surface area contributed by atoms with E-state index in [1.165, 1.54) is 0 Å². The van der Waals surface area contributed by atoms with Gasteiger partial charge in [-0.3, -0.25) is 4.79 Å². The molecule has 1 aromatic rings. The molecule has 0 spiro atoms. The summed E-state index contributed by atoms with van der Waals surface area (Å²) in [6, 6.07) is 0.883. The Balaban J connectivity index is 1.95. The Labute approximate surface area is 114 Å². The van der Waals surface area contributed by atoms with Crippen molar-refractivity contribution < 1.29 is 23.1 Å². The summed E-state index contributed by atoms with van der Waals surface area (Å²) in [6.07, 6.45) is 3.75. The molecule has 20 heavy (non-hydrogen) atoms. The molecule has 0 saturated heterocycles. The first-order chi connectivity index (χ1) is 9.49. The van der Waals surface area contributed by atoms with Gasteiger partial charge >= 0.3 is 0 Å². The maximum absolute atomic E-state index is 13.4. The highest BCUT2D eigenvalue weighted by Crippen LogP contribution is 2.18. The first-order valence-electron chi connectivity index (χ1n) is 6.21. The standard InChI is InChI=1S/C14H14F3NO2/c15-11-6-13(17)12(16)4-9(11)5-14(20)18-10-2-1-8(3-10)7-19/h1-2,4,6,8,10,19H,3,5,7H2,(H,18,20)/t8-,10+/m0/s1. The number of aliphatic hydroxyl groups is 1. The van der Waals surface area contributed by atoms with E-state index in [0.717, 1.165) is 0 Å². The molecule has 2 N–H and O–H groups in total. The van der Waals surface area contributed by atoms with Crippen LogP contribution in [0, 0.1) is 23.4 Å². The third-order valence-corrected chi connectivity index (χ3v) is 3.19. The number of halogens is 3. The molecular weight excluding hydrogens is 271 g/mol. The SMILES string of the molecule is O=C(Cc1cc(F)c(F)cc1F)N[C@@H]1C=C[C@H](CO)C1. The van der Waals surface area contributed by atoms with Crippen LogP contribution in [0.25, 0.3) is 0 Å². The largest absolute Gasteiger partial charge is 0.396 e. The molecule has 0 saturated carbocycles. The quantitative estimate of drug-likeness (QED) is 0.653. The second-order valence-corrected chi connectivity index (χ2v) is 4.77. The van der Waals surface area contributed by atoms with Crippen molar-refractivity contribution in [3.05, 3.63) is 47.3 Å². The summed E-state index contributed by atoms with van der Waals surface area (Å²) in [5.74, 6) is -3.90. The number of hydrogen-bond acceptors (Lipinski definition) is 2. The van der Waals surface area contributed by atoms with Gasteiger partial charge in [0.1, 0.15) is 5.82 Å². The average molecular weight is 285 g/mol. The van der Waals surface area contributed by atoms with Crippen molar-refractivity contribution in [2.24, 2.45) is 5.92 Å². The van der Waals surface area contributed by atoms with Crippen LogP contribution in [0.1, 0.15) is 12.0 Å². The zero-order valence-corrected chi connectivity index (χ0v) is 10.6. The van der Waals surface area contributed by atoms with Crippen molar-refractivity contribution in [2.75, 3.05) is 6.61 Å². The van der Waals surface area contributed by atoms with Gasteiger partial charge in [0.15, 0.2) is 11.6 Å². The number of nitrogens with one attached hydrogen (secondary N) is 1. The molecular formula is C14H14F3NO2. The molecule has 1 aromatic carbocycles. The number of amides is 1. The third-order valence-electron chi connectivity index (χ3n) is 3.19. The minimum Gasteiger partial charge on any atom is -0.396 e. The molecule has 6 heteroatoms. The second-order valence-electron chi connectivity index (χ2n) is 4.77. The summed E-state index contributed by atoms with van der Waals surface area (Å²) in [4.78, 5) is 11.7. The van der Waals surface area contributed by atoms with Crippen molar-refractivity contribution in [1.29, 1.82) is 0 Å². The fourth-order valence-corrected chi connectivity index (χ4v) is 2.15. The molecule has 0 unspecified atom stereocenters. The monoisotopic (exact) mass is 285 g/mol. The van der Waals surface area contributed by atoms with E-state index in [1.807, 2.05) is 0 Å². The highest BCUT2D eigenvalue weighted by molar-refractivity contribution is 5.79. The molecule has 2 atom stereocenters. The zero-order chi connectivity index (χ0) is 14.7. The first kappa shape index (κ1) is 14.6. The fraction of sp³-hybridized carbons (Fsp3) is 0.357. The van der Waals surface area contributed by atoms with Crippen LogP contribution in [-0.2, 0) is 11.2 Å². The molecule has 108 valence electrons. The minimum atomic E-state index is -1.28. The lowest BCUT2D eigenvalue weighted by atomic mass is 10.1. The van der Waals surface area contributed by atoms with E-state index < -0.39 is 23.4 Å². The van der Waals surface area contributed by atoms with Gasteiger partial charge in [-0.15, -0.1) is 0 Å². The summed E-state index contributed by atoms with van der Waals surface area (Å²) >= 11 is 0. The predicted molar refractivity (Wildman–Crippen MR) is 66.3 cm³/mol. The van der Waals surface area contributed by atoms with Gasteiger partial charge < -0.3 is 10.4 Å². The van der Waals surface area contributed by atoms with Gasteiger partial charge in [-0.2, -0.15) is 0 Å². The number of rotatable bonds is 4. The highest BCUT2D eigenvalue weighted by Gasteiger charge is 2.20. The molecule has 1 aliphatic rings. The van der Waals surface area contributed by atoms with Crippen molar-refractivity contribution in [2.45, 2.75) is 18.9 Å². The van der Waals surface area contributed by atoms with E-state index in [4.69, 9.17) is 5.11 Å². The number of hydrogen-bond donors (Lipinski definition) is 2. The smallest absolute Gasteiger partial charge is 0.224 e. The Morgan fingerprint density at radius 3 is 2.55 bits per heavy atom. The van der Waals surface area contributed by atoms with Gasteiger partial charge in [0.25, 0.3) is 0 Å². The Hall–Kier alpha value is -1.82.